The molecular weight excluding hydrogens is 379 g/mol. The van der Waals surface area contributed by atoms with Crippen LogP contribution in [0.5, 0.6) is 0 Å². The minimum atomic E-state index is -0.252. The Labute approximate surface area is 156 Å². The van der Waals surface area contributed by atoms with E-state index in [1.54, 1.807) is 30.6 Å². The van der Waals surface area contributed by atoms with Crippen LogP contribution < -0.4 is 5.56 Å². The molecule has 0 saturated carbocycles. The minimum Gasteiger partial charge on any atom is -0.303 e. The molecule has 3 aromatic heterocycles. The zero-order valence-corrected chi connectivity index (χ0v) is 15.2. The van der Waals surface area contributed by atoms with Crippen molar-refractivity contribution in [1.29, 1.82) is 0 Å². The van der Waals surface area contributed by atoms with E-state index in [2.05, 4.69) is 19.9 Å². The van der Waals surface area contributed by atoms with E-state index in [1.165, 1.54) is 11.3 Å². The van der Waals surface area contributed by atoms with Crippen LogP contribution in [0.1, 0.15) is 4.88 Å². The summed E-state index contributed by atoms with van der Waals surface area (Å²) in [6.45, 7) is 1.94. The van der Waals surface area contributed by atoms with Crippen LogP contribution in [0, 0.1) is 6.92 Å². The number of H-pyrrole nitrogens is 1. The maximum atomic E-state index is 12.7. The molecule has 124 valence electrons. The van der Waals surface area contributed by atoms with Crippen molar-refractivity contribution in [2.24, 2.45) is 0 Å². The molecule has 0 unspecified atom stereocenters. The highest BCUT2D eigenvalue weighted by Gasteiger charge is 2.19. The molecule has 5 nitrogen and oxygen atoms in total. The van der Waals surface area contributed by atoms with Crippen LogP contribution in [-0.2, 0) is 0 Å². The summed E-state index contributed by atoms with van der Waals surface area (Å²) in [6.07, 6.45) is 3.20. The SMILES string of the molecule is Cc1sc2nc(-c3ncccn3)[nH]c(=O)c2c1-c1ccc(Cl)cc1Cl. The third-order valence-electron chi connectivity index (χ3n) is 3.72. The molecule has 4 aromatic rings. The molecule has 0 aliphatic rings. The summed E-state index contributed by atoms with van der Waals surface area (Å²) < 4.78 is 0. The second-order valence-electron chi connectivity index (χ2n) is 5.32. The van der Waals surface area contributed by atoms with Crippen LogP contribution in [0.2, 0.25) is 10.0 Å². The third-order valence-corrected chi connectivity index (χ3v) is 5.26. The largest absolute Gasteiger partial charge is 0.303 e. The van der Waals surface area contributed by atoms with Gasteiger partial charge in [0.2, 0.25) is 0 Å². The van der Waals surface area contributed by atoms with Crippen LogP contribution in [0.25, 0.3) is 33.0 Å². The van der Waals surface area contributed by atoms with E-state index in [9.17, 15) is 4.79 Å². The molecule has 8 heteroatoms. The van der Waals surface area contributed by atoms with E-state index in [0.29, 0.717) is 31.9 Å². The number of nitrogens with zero attached hydrogens (tertiary/aromatic N) is 3. The van der Waals surface area contributed by atoms with E-state index in [4.69, 9.17) is 23.2 Å². The number of nitrogens with one attached hydrogen (secondary N) is 1. The number of benzene rings is 1. The quantitative estimate of drug-likeness (QED) is 0.538. The lowest BCUT2D eigenvalue weighted by Crippen LogP contribution is -2.10. The average molecular weight is 389 g/mol. The van der Waals surface area contributed by atoms with Crippen molar-refractivity contribution in [3.05, 3.63) is 61.9 Å². The first-order chi connectivity index (χ1) is 12.0. The van der Waals surface area contributed by atoms with Crippen molar-refractivity contribution in [1.82, 2.24) is 19.9 Å². The lowest BCUT2D eigenvalue weighted by Gasteiger charge is -2.05. The molecule has 0 aliphatic carbocycles. The number of aromatic nitrogens is 4. The highest BCUT2D eigenvalue weighted by molar-refractivity contribution is 7.19. The van der Waals surface area contributed by atoms with E-state index < -0.39 is 0 Å². The molecule has 0 aliphatic heterocycles. The van der Waals surface area contributed by atoms with Gasteiger partial charge < -0.3 is 4.98 Å². The fourth-order valence-corrected chi connectivity index (χ4v) is 4.20. The van der Waals surface area contributed by atoms with Gasteiger partial charge in [-0.1, -0.05) is 29.3 Å². The summed E-state index contributed by atoms with van der Waals surface area (Å²) in [4.78, 5) is 29.9. The van der Waals surface area contributed by atoms with Crippen LogP contribution in [0.4, 0.5) is 0 Å². The Morgan fingerprint density at radius 1 is 1.16 bits per heavy atom. The Kier molecular flexibility index (Phi) is 4.03. The van der Waals surface area contributed by atoms with Crippen molar-refractivity contribution < 1.29 is 0 Å². The summed E-state index contributed by atoms with van der Waals surface area (Å²) in [5.41, 5.74) is 1.28. The standard InChI is InChI=1S/C17H10Cl2N4OS/c1-8-12(10-4-3-9(18)7-11(10)19)13-16(24)22-15(23-17(13)25-8)14-20-5-2-6-21-14/h2-7H,1H3,(H,22,23,24). The molecular formula is C17H10Cl2N4OS. The first-order valence-electron chi connectivity index (χ1n) is 7.31. The fraction of sp³-hybridized carbons (Fsp3) is 0.0588. The maximum absolute atomic E-state index is 12.7. The molecule has 0 spiro atoms. The summed E-state index contributed by atoms with van der Waals surface area (Å²) in [7, 11) is 0. The highest BCUT2D eigenvalue weighted by atomic mass is 35.5. The van der Waals surface area contributed by atoms with Gasteiger partial charge in [-0.25, -0.2) is 15.0 Å². The first-order valence-corrected chi connectivity index (χ1v) is 8.88. The number of thiophene rings is 1. The van der Waals surface area contributed by atoms with E-state index in [0.717, 1.165) is 16.0 Å². The molecule has 3 heterocycles. The van der Waals surface area contributed by atoms with Crippen LogP contribution in [-0.4, -0.2) is 19.9 Å². The van der Waals surface area contributed by atoms with Crippen LogP contribution in [0.15, 0.2) is 41.5 Å². The van der Waals surface area contributed by atoms with Crippen molar-refractivity contribution >= 4 is 44.8 Å². The first kappa shape index (κ1) is 16.2. The minimum absolute atomic E-state index is 0.252. The van der Waals surface area contributed by atoms with E-state index in [-0.39, 0.29) is 5.56 Å². The smallest absolute Gasteiger partial charge is 0.260 e. The third kappa shape index (κ3) is 2.82. The molecule has 0 radical (unpaired) electrons. The van der Waals surface area contributed by atoms with Gasteiger partial charge in [0.05, 0.1) is 5.39 Å². The summed E-state index contributed by atoms with van der Waals surface area (Å²) in [5.74, 6) is 0.715. The lowest BCUT2D eigenvalue weighted by molar-refractivity contribution is 1.08. The second-order valence-corrected chi connectivity index (χ2v) is 7.37. The Hall–Kier alpha value is -2.28. The monoisotopic (exact) mass is 388 g/mol. The van der Waals surface area contributed by atoms with Gasteiger partial charge in [0, 0.05) is 38.4 Å². The fourth-order valence-electron chi connectivity index (χ4n) is 2.66. The van der Waals surface area contributed by atoms with Gasteiger partial charge >= 0.3 is 0 Å². The van der Waals surface area contributed by atoms with Crippen LogP contribution in [0.3, 0.4) is 0 Å². The lowest BCUT2D eigenvalue weighted by atomic mass is 10.0. The molecule has 0 atom stereocenters. The molecule has 0 amide bonds. The van der Waals surface area contributed by atoms with Gasteiger partial charge in [0.25, 0.3) is 5.56 Å². The van der Waals surface area contributed by atoms with Crippen molar-refractivity contribution in [3.8, 4) is 22.8 Å². The van der Waals surface area contributed by atoms with Gasteiger partial charge in [-0.3, -0.25) is 4.79 Å². The average Bonchev–Trinajstić information content (AvgIpc) is 2.92. The maximum Gasteiger partial charge on any atom is 0.260 e. The van der Waals surface area contributed by atoms with Gasteiger partial charge in [0.1, 0.15) is 4.83 Å². The van der Waals surface area contributed by atoms with Gasteiger partial charge in [-0.05, 0) is 25.1 Å². The van der Waals surface area contributed by atoms with Gasteiger partial charge in [0.15, 0.2) is 11.6 Å². The number of fused-ring (bicyclic) bond motifs is 1. The zero-order chi connectivity index (χ0) is 17.6. The Morgan fingerprint density at radius 3 is 2.64 bits per heavy atom. The number of aromatic amines is 1. The molecule has 25 heavy (non-hydrogen) atoms. The number of hydrogen-bond donors (Lipinski definition) is 1. The van der Waals surface area contributed by atoms with Crippen molar-refractivity contribution in [2.45, 2.75) is 6.92 Å². The second kappa shape index (κ2) is 6.22. The molecule has 0 saturated heterocycles. The van der Waals surface area contributed by atoms with E-state index >= 15 is 0 Å². The van der Waals surface area contributed by atoms with Gasteiger partial charge in [-0.15, -0.1) is 11.3 Å². The Bertz CT molecular complexity index is 1150. The van der Waals surface area contributed by atoms with E-state index in [1.807, 2.05) is 13.0 Å². The van der Waals surface area contributed by atoms with Crippen molar-refractivity contribution in [2.75, 3.05) is 0 Å². The molecule has 4 rings (SSSR count). The Balaban J connectivity index is 1.99. The summed E-state index contributed by atoms with van der Waals surface area (Å²) in [5, 5.41) is 1.54. The van der Waals surface area contributed by atoms with Gasteiger partial charge in [-0.2, -0.15) is 0 Å². The predicted molar refractivity (Wildman–Crippen MR) is 101 cm³/mol. The highest BCUT2D eigenvalue weighted by Crippen LogP contribution is 2.39. The molecule has 1 N–H and O–H groups in total. The zero-order valence-electron chi connectivity index (χ0n) is 12.9. The number of halogens is 2. The topological polar surface area (TPSA) is 71.5 Å². The number of hydrogen-bond acceptors (Lipinski definition) is 5. The molecule has 1 aromatic carbocycles. The molecule has 0 fully saturated rings. The summed E-state index contributed by atoms with van der Waals surface area (Å²) in [6, 6.07) is 6.93. The number of rotatable bonds is 2. The number of aryl methyl sites for hydroxylation is 1. The van der Waals surface area contributed by atoms with Crippen molar-refractivity contribution in [3.63, 3.8) is 0 Å². The Morgan fingerprint density at radius 2 is 1.92 bits per heavy atom. The van der Waals surface area contributed by atoms with Crippen LogP contribution >= 0.6 is 34.5 Å². The summed E-state index contributed by atoms with van der Waals surface area (Å²) >= 11 is 13.8. The normalized spacial score (nSPS) is 11.2. The predicted octanol–water partition coefficient (Wildman–Crippen LogP) is 4.72. The molecule has 0 bridgehead atoms.